The number of anilines is 1. The van der Waals surface area contributed by atoms with Crippen molar-refractivity contribution in [1.82, 2.24) is 20.0 Å². The van der Waals surface area contributed by atoms with E-state index in [-0.39, 0.29) is 11.0 Å². The molecule has 2 aliphatic rings. The highest BCUT2D eigenvalue weighted by Gasteiger charge is 2.24. The van der Waals surface area contributed by atoms with Crippen molar-refractivity contribution >= 4 is 5.82 Å². The van der Waals surface area contributed by atoms with Gasteiger partial charge in [-0.15, -0.1) is 5.10 Å². The van der Waals surface area contributed by atoms with Gasteiger partial charge in [0.25, 0.3) is 5.56 Å². The number of hydrogen-bond donors (Lipinski definition) is 0. The van der Waals surface area contributed by atoms with Crippen molar-refractivity contribution in [3.05, 3.63) is 45.5 Å². The summed E-state index contributed by atoms with van der Waals surface area (Å²) in [6.07, 6.45) is 2.88. The largest absolute Gasteiger partial charge is 0.376 e. The van der Waals surface area contributed by atoms with Crippen LogP contribution in [0.4, 0.5) is 5.82 Å². The third kappa shape index (κ3) is 4.09. The summed E-state index contributed by atoms with van der Waals surface area (Å²) < 4.78 is 7.19. The summed E-state index contributed by atoms with van der Waals surface area (Å²) in [5.74, 6) is 1.39. The van der Waals surface area contributed by atoms with E-state index in [1.165, 1.54) is 0 Å². The van der Waals surface area contributed by atoms with Gasteiger partial charge in [-0.25, -0.2) is 4.68 Å². The van der Waals surface area contributed by atoms with Crippen LogP contribution in [-0.2, 0) is 29.7 Å². The second-order valence-corrected chi connectivity index (χ2v) is 8.90. The van der Waals surface area contributed by atoms with Gasteiger partial charge in [0.05, 0.1) is 24.6 Å². The Morgan fingerprint density at radius 1 is 1.18 bits per heavy atom. The van der Waals surface area contributed by atoms with Crippen molar-refractivity contribution in [3.8, 4) is 0 Å². The maximum absolute atomic E-state index is 12.3. The molecule has 2 aromatic rings. The second kappa shape index (κ2) is 7.62. The van der Waals surface area contributed by atoms with Crippen LogP contribution in [0.1, 0.15) is 50.6 Å². The molecule has 1 fully saturated rings. The normalized spacial score (nSPS) is 18.2. The number of hydrogen-bond acceptors (Lipinski definition) is 6. The lowest BCUT2D eigenvalue weighted by atomic mass is 9.92. The van der Waals surface area contributed by atoms with Gasteiger partial charge in [-0.1, -0.05) is 20.8 Å². The van der Waals surface area contributed by atoms with Gasteiger partial charge in [-0.05, 0) is 30.9 Å². The Morgan fingerprint density at radius 2 is 1.96 bits per heavy atom. The molecule has 7 heteroatoms. The minimum Gasteiger partial charge on any atom is -0.376 e. The summed E-state index contributed by atoms with van der Waals surface area (Å²) in [6, 6.07) is 5.62. The highest BCUT2D eigenvalue weighted by molar-refractivity contribution is 5.42. The minimum absolute atomic E-state index is 0.0176. The highest BCUT2D eigenvalue weighted by atomic mass is 16.5. The van der Waals surface area contributed by atoms with Crippen LogP contribution < -0.4 is 10.5 Å². The Hall–Kier alpha value is -2.28. The van der Waals surface area contributed by atoms with E-state index in [0.29, 0.717) is 19.1 Å². The van der Waals surface area contributed by atoms with Crippen LogP contribution in [0, 0.1) is 5.92 Å². The van der Waals surface area contributed by atoms with Crippen molar-refractivity contribution < 1.29 is 4.74 Å². The van der Waals surface area contributed by atoms with Gasteiger partial charge in [0.15, 0.2) is 5.82 Å². The van der Waals surface area contributed by atoms with Crippen molar-refractivity contribution in [3.63, 3.8) is 0 Å². The van der Waals surface area contributed by atoms with Gasteiger partial charge in [-0.2, -0.15) is 10.2 Å². The van der Waals surface area contributed by atoms with Gasteiger partial charge in [-0.3, -0.25) is 4.79 Å². The summed E-state index contributed by atoms with van der Waals surface area (Å²) >= 11 is 0. The Balaban J connectivity index is 1.40. The number of piperidine rings is 1. The number of fused-ring (bicyclic) bond motifs is 1. The molecule has 7 nitrogen and oxygen atoms in total. The molecule has 0 radical (unpaired) electrons. The fourth-order valence-electron chi connectivity index (χ4n) is 3.85. The number of rotatable bonds is 3. The zero-order valence-electron chi connectivity index (χ0n) is 17.0. The quantitative estimate of drug-likeness (QED) is 0.810. The van der Waals surface area contributed by atoms with E-state index in [1.54, 1.807) is 10.7 Å². The Kier molecular flexibility index (Phi) is 5.19. The summed E-state index contributed by atoms with van der Waals surface area (Å²) in [6.45, 7) is 10.2. The van der Waals surface area contributed by atoms with Crippen molar-refractivity contribution in [2.75, 3.05) is 24.6 Å². The fourth-order valence-corrected chi connectivity index (χ4v) is 3.85. The minimum atomic E-state index is -0.0619. The molecule has 4 rings (SSSR count). The molecule has 150 valence electrons. The average molecular weight is 383 g/mol. The summed E-state index contributed by atoms with van der Waals surface area (Å²) in [5, 5.41) is 13.4. The van der Waals surface area contributed by atoms with Gasteiger partial charge >= 0.3 is 0 Å². The summed E-state index contributed by atoms with van der Waals surface area (Å²) in [7, 11) is 0. The monoisotopic (exact) mass is 383 g/mol. The first-order valence-corrected chi connectivity index (χ1v) is 10.2. The molecule has 0 unspecified atom stereocenters. The molecule has 0 spiro atoms. The van der Waals surface area contributed by atoms with Gasteiger partial charge in [0.1, 0.15) is 0 Å². The van der Waals surface area contributed by atoms with E-state index in [1.807, 2.05) is 6.07 Å². The van der Waals surface area contributed by atoms with Gasteiger partial charge < -0.3 is 9.64 Å². The highest BCUT2D eigenvalue weighted by Crippen LogP contribution is 2.25. The van der Waals surface area contributed by atoms with Crippen LogP contribution in [0.2, 0.25) is 0 Å². The molecule has 28 heavy (non-hydrogen) atoms. The van der Waals surface area contributed by atoms with E-state index < -0.39 is 0 Å². The third-order valence-corrected chi connectivity index (χ3v) is 5.69. The van der Waals surface area contributed by atoms with Gasteiger partial charge in [0, 0.05) is 43.1 Å². The molecule has 0 N–H and O–H groups in total. The number of nitrogens with zero attached hydrogens (tertiary/aromatic N) is 5. The maximum atomic E-state index is 12.3. The number of ether oxygens (including phenoxy) is 1. The molecule has 4 heterocycles. The zero-order valence-corrected chi connectivity index (χ0v) is 17.0. The van der Waals surface area contributed by atoms with E-state index in [4.69, 9.17) is 4.74 Å². The lowest BCUT2D eigenvalue weighted by Crippen LogP contribution is -2.38. The summed E-state index contributed by atoms with van der Waals surface area (Å²) in [5.41, 5.74) is 3.10. The first-order chi connectivity index (χ1) is 13.4. The number of aromatic nitrogens is 4. The van der Waals surface area contributed by atoms with E-state index in [9.17, 15) is 4.79 Å². The van der Waals surface area contributed by atoms with Crippen LogP contribution in [0.25, 0.3) is 0 Å². The molecule has 0 amide bonds. The van der Waals surface area contributed by atoms with E-state index >= 15 is 0 Å². The first-order valence-electron chi connectivity index (χ1n) is 10.2. The predicted octanol–water partition coefficient (Wildman–Crippen LogP) is 2.32. The maximum Gasteiger partial charge on any atom is 0.266 e. The third-order valence-electron chi connectivity index (χ3n) is 5.69. The molecule has 2 aromatic heterocycles. The standard InChI is InChI=1S/C21H29N5O2/c1-21(2,3)18-4-5-20(27)26(24-18)13-15-6-9-25(10-7-15)19-12-16-14-28-11-8-17(16)22-23-19/h4-5,12,15H,6-11,13-14H2,1-3H3. The summed E-state index contributed by atoms with van der Waals surface area (Å²) in [4.78, 5) is 14.5. The lowest BCUT2D eigenvalue weighted by molar-refractivity contribution is 0.108. The Morgan fingerprint density at radius 3 is 2.71 bits per heavy atom. The average Bonchev–Trinajstić information content (AvgIpc) is 2.69. The predicted molar refractivity (Wildman–Crippen MR) is 108 cm³/mol. The fraction of sp³-hybridized carbons (Fsp3) is 0.619. The van der Waals surface area contributed by atoms with Crippen LogP contribution in [-0.4, -0.2) is 39.7 Å². The van der Waals surface area contributed by atoms with Crippen molar-refractivity contribution in [2.45, 2.75) is 58.6 Å². The first kappa shape index (κ1) is 19.1. The smallest absolute Gasteiger partial charge is 0.266 e. The van der Waals surface area contributed by atoms with Crippen molar-refractivity contribution in [2.24, 2.45) is 5.92 Å². The molecular weight excluding hydrogens is 354 g/mol. The molecule has 2 aliphatic heterocycles. The molecule has 0 atom stereocenters. The molecule has 0 aliphatic carbocycles. The van der Waals surface area contributed by atoms with Crippen LogP contribution in [0.5, 0.6) is 0 Å². The van der Waals surface area contributed by atoms with Crippen LogP contribution in [0.15, 0.2) is 23.0 Å². The van der Waals surface area contributed by atoms with Crippen LogP contribution >= 0.6 is 0 Å². The molecule has 0 saturated carbocycles. The Labute approximate surface area is 165 Å². The van der Waals surface area contributed by atoms with E-state index in [2.05, 4.69) is 47.0 Å². The molecule has 0 aromatic carbocycles. The SMILES string of the molecule is CC(C)(C)c1ccc(=O)n(CC2CCN(c3cc4c(nn3)CCOC4)CC2)n1. The molecular formula is C21H29N5O2. The van der Waals surface area contributed by atoms with E-state index in [0.717, 1.165) is 61.7 Å². The zero-order chi connectivity index (χ0) is 19.7. The van der Waals surface area contributed by atoms with Crippen LogP contribution in [0.3, 0.4) is 0 Å². The van der Waals surface area contributed by atoms with Gasteiger partial charge in [0.2, 0.25) is 0 Å². The topological polar surface area (TPSA) is 73.1 Å². The lowest BCUT2D eigenvalue weighted by Gasteiger charge is -2.33. The van der Waals surface area contributed by atoms with Crippen molar-refractivity contribution in [1.29, 1.82) is 0 Å². The molecule has 0 bridgehead atoms. The Bertz CT molecular complexity index is 894. The second-order valence-electron chi connectivity index (χ2n) is 8.90. The molecule has 1 saturated heterocycles.